The first-order valence-corrected chi connectivity index (χ1v) is 6.37. The third kappa shape index (κ3) is 5.20. The van der Waals surface area contributed by atoms with Crippen LogP contribution < -0.4 is 5.32 Å². The molecule has 17 heavy (non-hydrogen) atoms. The molecule has 0 aromatic heterocycles. The Morgan fingerprint density at radius 2 is 1.88 bits per heavy atom. The van der Waals surface area contributed by atoms with Crippen molar-refractivity contribution in [2.24, 2.45) is 5.92 Å². The molecule has 1 atom stereocenters. The van der Waals surface area contributed by atoms with E-state index in [2.05, 4.69) is 5.32 Å². The van der Waals surface area contributed by atoms with E-state index in [1.807, 2.05) is 20.8 Å². The molecule has 1 N–H and O–H groups in total. The molecule has 0 unspecified atom stereocenters. The van der Waals surface area contributed by atoms with Gasteiger partial charge >= 0.3 is 6.09 Å². The van der Waals surface area contributed by atoms with Crippen LogP contribution in [-0.4, -0.2) is 24.0 Å². The number of ether oxygens (including phenoxy) is 1. The first-order chi connectivity index (χ1) is 7.92. The van der Waals surface area contributed by atoms with E-state index in [9.17, 15) is 9.59 Å². The maximum atomic E-state index is 11.6. The van der Waals surface area contributed by atoms with E-state index in [1.54, 1.807) is 0 Å². The molecule has 98 valence electrons. The molecule has 0 aromatic rings. The highest BCUT2D eigenvalue weighted by Gasteiger charge is 2.26. The van der Waals surface area contributed by atoms with Gasteiger partial charge in [0, 0.05) is 0 Å². The molecule has 0 radical (unpaired) electrons. The molecule has 0 aromatic carbocycles. The quantitative estimate of drug-likeness (QED) is 0.773. The smallest absolute Gasteiger partial charge is 0.408 e. The molecule has 1 fully saturated rings. The van der Waals surface area contributed by atoms with Crippen LogP contribution >= 0.6 is 0 Å². The summed E-state index contributed by atoms with van der Waals surface area (Å²) in [6, 6.07) is -0.398. The Hall–Kier alpha value is -1.06. The molecule has 1 saturated carbocycles. The number of alkyl carbamates (subject to hydrolysis) is 1. The SMILES string of the molecule is CC(C)(C)OC(=O)N[C@@H](C=O)C1CCCCC1. The predicted octanol–water partition coefficient (Wildman–Crippen LogP) is 2.66. The third-order valence-corrected chi connectivity index (χ3v) is 2.99. The van der Waals surface area contributed by atoms with Crippen molar-refractivity contribution in [2.75, 3.05) is 0 Å². The van der Waals surface area contributed by atoms with Crippen LogP contribution in [0.25, 0.3) is 0 Å². The molecule has 0 spiro atoms. The maximum absolute atomic E-state index is 11.6. The molecule has 0 bridgehead atoms. The Labute approximate surface area is 103 Å². The highest BCUT2D eigenvalue weighted by Crippen LogP contribution is 2.26. The van der Waals surface area contributed by atoms with Crippen LogP contribution in [0.4, 0.5) is 4.79 Å². The van der Waals surface area contributed by atoms with Gasteiger partial charge in [-0.2, -0.15) is 0 Å². The Bertz CT molecular complexity index is 264. The second-order valence-corrected chi connectivity index (χ2v) is 5.71. The first kappa shape index (κ1) is 14.0. The minimum Gasteiger partial charge on any atom is -0.444 e. The van der Waals surface area contributed by atoms with Gasteiger partial charge in [0.2, 0.25) is 0 Å². The Morgan fingerprint density at radius 3 is 2.35 bits per heavy atom. The van der Waals surface area contributed by atoms with E-state index < -0.39 is 17.7 Å². The lowest BCUT2D eigenvalue weighted by atomic mass is 9.84. The van der Waals surface area contributed by atoms with Crippen LogP contribution in [0, 0.1) is 5.92 Å². The molecular formula is C13H23NO3. The predicted molar refractivity (Wildman–Crippen MR) is 65.8 cm³/mol. The van der Waals surface area contributed by atoms with Gasteiger partial charge in [0.1, 0.15) is 11.9 Å². The van der Waals surface area contributed by atoms with Gasteiger partial charge in [-0.25, -0.2) is 4.79 Å². The summed E-state index contributed by atoms with van der Waals surface area (Å²) in [7, 11) is 0. The van der Waals surface area contributed by atoms with E-state index in [4.69, 9.17) is 4.74 Å². The van der Waals surface area contributed by atoms with Crippen molar-refractivity contribution < 1.29 is 14.3 Å². The molecule has 1 amide bonds. The number of rotatable bonds is 3. The van der Waals surface area contributed by atoms with Crippen molar-refractivity contribution in [1.29, 1.82) is 0 Å². The summed E-state index contributed by atoms with van der Waals surface area (Å²) in [5.74, 6) is 0.272. The monoisotopic (exact) mass is 241 g/mol. The van der Waals surface area contributed by atoms with Crippen molar-refractivity contribution in [3.63, 3.8) is 0 Å². The van der Waals surface area contributed by atoms with Crippen molar-refractivity contribution in [3.8, 4) is 0 Å². The molecule has 4 heteroatoms. The van der Waals surface area contributed by atoms with Crippen LogP contribution in [0.3, 0.4) is 0 Å². The van der Waals surface area contributed by atoms with Crippen molar-refractivity contribution in [2.45, 2.75) is 64.5 Å². The zero-order valence-electron chi connectivity index (χ0n) is 11.0. The second kappa shape index (κ2) is 6.03. The number of nitrogens with one attached hydrogen (secondary N) is 1. The number of amides is 1. The molecular weight excluding hydrogens is 218 g/mol. The average Bonchev–Trinajstić information content (AvgIpc) is 2.24. The first-order valence-electron chi connectivity index (χ1n) is 6.37. The van der Waals surface area contributed by atoms with Gasteiger partial charge in [0.25, 0.3) is 0 Å². The summed E-state index contributed by atoms with van der Waals surface area (Å²) in [6.45, 7) is 5.43. The number of carbonyl (C=O) groups excluding carboxylic acids is 2. The number of hydrogen-bond acceptors (Lipinski definition) is 3. The number of hydrogen-bond donors (Lipinski definition) is 1. The standard InChI is InChI=1S/C13H23NO3/c1-13(2,3)17-12(16)14-11(9-15)10-7-5-4-6-8-10/h9-11H,4-8H2,1-3H3,(H,14,16)/t11-/m0/s1. The highest BCUT2D eigenvalue weighted by atomic mass is 16.6. The zero-order valence-corrected chi connectivity index (χ0v) is 11.0. The zero-order chi connectivity index (χ0) is 12.9. The van der Waals surface area contributed by atoms with E-state index >= 15 is 0 Å². The second-order valence-electron chi connectivity index (χ2n) is 5.71. The lowest BCUT2D eigenvalue weighted by Gasteiger charge is -2.28. The van der Waals surface area contributed by atoms with Crippen LogP contribution in [0.2, 0.25) is 0 Å². The molecule has 0 heterocycles. The summed E-state index contributed by atoms with van der Waals surface area (Å²) in [5, 5.41) is 2.66. The fourth-order valence-electron chi connectivity index (χ4n) is 2.20. The van der Waals surface area contributed by atoms with Gasteiger partial charge in [-0.3, -0.25) is 0 Å². The Morgan fingerprint density at radius 1 is 1.29 bits per heavy atom. The fraction of sp³-hybridized carbons (Fsp3) is 0.846. The topological polar surface area (TPSA) is 55.4 Å². The molecule has 1 aliphatic rings. The molecule has 4 nitrogen and oxygen atoms in total. The highest BCUT2D eigenvalue weighted by molar-refractivity contribution is 5.73. The van der Waals surface area contributed by atoms with Crippen molar-refractivity contribution in [3.05, 3.63) is 0 Å². The van der Waals surface area contributed by atoms with Crippen LogP contribution in [-0.2, 0) is 9.53 Å². The summed E-state index contributed by atoms with van der Waals surface area (Å²) in [5.41, 5.74) is -0.524. The summed E-state index contributed by atoms with van der Waals surface area (Å²) in [4.78, 5) is 22.6. The fourth-order valence-corrected chi connectivity index (χ4v) is 2.20. The van der Waals surface area contributed by atoms with Crippen LogP contribution in [0.5, 0.6) is 0 Å². The lowest BCUT2D eigenvalue weighted by molar-refractivity contribution is -0.111. The lowest BCUT2D eigenvalue weighted by Crippen LogP contribution is -2.44. The molecule has 1 aliphatic carbocycles. The van der Waals surface area contributed by atoms with Crippen molar-refractivity contribution >= 4 is 12.4 Å². The molecule has 0 saturated heterocycles. The normalized spacial score (nSPS) is 19.5. The van der Waals surface area contributed by atoms with E-state index in [-0.39, 0.29) is 5.92 Å². The van der Waals surface area contributed by atoms with Crippen LogP contribution in [0.1, 0.15) is 52.9 Å². The summed E-state index contributed by atoms with van der Waals surface area (Å²) in [6.07, 6.45) is 5.88. The summed E-state index contributed by atoms with van der Waals surface area (Å²) >= 11 is 0. The van der Waals surface area contributed by atoms with Gasteiger partial charge in [0.15, 0.2) is 0 Å². The largest absolute Gasteiger partial charge is 0.444 e. The van der Waals surface area contributed by atoms with Gasteiger partial charge in [-0.1, -0.05) is 19.3 Å². The third-order valence-electron chi connectivity index (χ3n) is 2.99. The summed E-state index contributed by atoms with van der Waals surface area (Å²) < 4.78 is 5.15. The van der Waals surface area contributed by atoms with E-state index in [0.717, 1.165) is 32.0 Å². The Kier molecular flexibility index (Phi) is 4.97. The van der Waals surface area contributed by atoms with Crippen LogP contribution in [0.15, 0.2) is 0 Å². The van der Waals surface area contributed by atoms with Gasteiger partial charge in [-0.05, 0) is 39.5 Å². The minimum absolute atomic E-state index is 0.272. The van der Waals surface area contributed by atoms with E-state index in [0.29, 0.717) is 0 Å². The molecule has 0 aliphatic heterocycles. The average molecular weight is 241 g/mol. The van der Waals surface area contributed by atoms with Gasteiger partial charge in [0.05, 0.1) is 6.04 Å². The Balaban J connectivity index is 2.45. The van der Waals surface area contributed by atoms with Gasteiger partial charge < -0.3 is 14.8 Å². The number of aldehydes is 1. The minimum atomic E-state index is -0.524. The number of carbonyl (C=O) groups is 2. The van der Waals surface area contributed by atoms with Gasteiger partial charge in [-0.15, -0.1) is 0 Å². The van der Waals surface area contributed by atoms with E-state index in [1.165, 1.54) is 6.42 Å². The molecule has 1 rings (SSSR count). The maximum Gasteiger partial charge on any atom is 0.408 e. The van der Waals surface area contributed by atoms with Crippen molar-refractivity contribution in [1.82, 2.24) is 5.32 Å².